The Morgan fingerprint density at radius 1 is 1.07 bits per heavy atom. The first-order chi connectivity index (χ1) is 13.2. The number of aryl methyl sites for hydroxylation is 1. The van der Waals surface area contributed by atoms with Crippen molar-refractivity contribution in [2.45, 2.75) is 19.3 Å². The van der Waals surface area contributed by atoms with Crippen molar-refractivity contribution in [3.05, 3.63) is 76.3 Å². The fourth-order valence-corrected chi connectivity index (χ4v) is 2.80. The number of nitrogens with one attached hydrogen (secondary N) is 3. The molecule has 0 aliphatic rings. The second-order valence-electron chi connectivity index (χ2n) is 6.15. The molecule has 2 aromatic carbocycles. The van der Waals surface area contributed by atoms with E-state index in [0.29, 0.717) is 41.3 Å². The largest absolute Gasteiger partial charge is 0.339 e. The van der Waals surface area contributed by atoms with E-state index in [1.54, 1.807) is 18.2 Å². The highest BCUT2D eigenvalue weighted by atomic mass is 16.5. The highest BCUT2D eigenvalue weighted by Crippen LogP contribution is 2.15. The number of carbonyl (C=O) groups excluding carboxylic acids is 1. The van der Waals surface area contributed by atoms with E-state index >= 15 is 0 Å². The highest BCUT2D eigenvalue weighted by molar-refractivity contribution is 5.93. The lowest BCUT2D eigenvalue weighted by Crippen LogP contribution is -2.12. The molecule has 0 unspecified atom stereocenters. The second kappa shape index (κ2) is 7.28. The van der Waals surface area contributed by atoms with Crippen LogP contribution in [0.15, 0.2) is 57.8 Å². The van der Waals surface area contributed by atoms with Gasteiger partial charge in [0.05, 0.1) is 11.0 Å². The van der Waals surface area contributed by atoms with Crippen LogP contribution in [0.4, 0.5) is 5.69 Å². The zero-order valence-electron chi connectivity index (χ0n) is 14.4. The van der Waals surface area contributed by atoms with Gasteiger partial charge in [0.25, 0.3) is 0 Å². The Labute approximate surface area is 153 Å². The fraction of sp³-hybridized carbons (Fsp3) is 0.158. The molecule has 0 radical (unpaired) electrons. The predicted octanol–water partition coefficient (Wildman–Crippen LogP) is 2.40. The third-order valence-electron chi connectivity index (χ3n) is 4.08. The Hall–Kier alpha value is -3.68. The average Bonchev–Trinajstić information content (AvgIpc) is 3.26. The second-order valence-corrected chi connectivity index (χ2v) is 6.15. The van der Waals surface area contributed by atoms with E-state index in [4.69, 9.17) is 4.52 Å². The number of anilines is 1. The van der Waals surface area contributed by atoms with E-state index in [0.717, 1.165) is 5.56 Å². The molecule has 0 saturated carbocycles. The number of carbonyl (C=O) groups is 1. The normalized spacial score (nSPS) is 11.0. The summed E-state index contributed by atoms with van der Waals surface area (Å²) in [6.07, 6.45) is 1.16. The van der Waals surface area contributed by atoms with Gasteiger partial charge in [-0.25, -0.2) is 4.79 Å². The Morgan fingerprint density at radius 3 is 2.74 bits per heavy atom. The molecule has 27 heavy (non-hydrogen) atoms. The van der Waals surface area contributed by atoms with Gasteiger partial charge in [-0.1, -0.05) is 35.5 Å². The Kier molecular flexibility index (Phi) is 4.52. The zero-order chi connectivity index (χ0) is 18.6. The van der Waals surface area contributed by atoms with Crippen LogP contribution in [0.25, 0.3) is 11.0 Å². The molecular formula is C19H17N5O3. The number of aromatic amines is 2. The van der Waals surface area contributed by atoms with Crippen LogP contribution >= 0.6 is 0 Å². The minimum Gasteiger partial charge on any atom is -0.339 e. The van der Waals surface area contributed by atoms with Crippen LogP contribution in [0.2, 0.25) is 0 Å². The number of imidazole rings is 1. The molecule has 2 heterocycles. The summed E-state index contributed by atoms with van der Waals surface area (Å²) in [6.45, 7) is 0. The molecule has 1 amide bonds. The molecule has 0 fully saturated rings. The third-order valence-corrected chi connectivity index (χ3v) is 4.08. The molecule has 0 aliphatic heterocycles. The first-order valence-electron chi connectivity index (χ1n) is 8.53. The van der Waals surface area contributed by atoms with Crippen molar-refractivity contribution in [2.75, 3.05) is 5.32 Å². The van der Waals surface area contributed by atoms with Gasteiger partial charge in [-0.05, 0) is 23.8 Å². The van der Waals surface area contributed by atoms with Crippen LogP contribution in [0.3, 0.4) is 0 Å². The van der Waals surface area contributed by atoms with Gasteiger partial charge in [-0.3, -0.25) is 4.79 Å². The zero-order valence-corrected chi connectivity index (χ0v) is 14.4. The van der Waals surface area contributed by atoms with Crippen molar-refractivity contribution < 1.29 is 9.32 Å². The lowest BCUT2D eigenvalue weighted by atomic mass is 10.1. The summed E-state index contributed by atoms with van der Waals surface area (Å²) < 4.78 is 5.21. The minimum absolute atomic E-state index is 0.171. The fourth-order valence-electron chi connectivity index (χ4n) is 2.80. The quantitative estimate of drug-likeness (QED) is 0.486. The van der Waals surface area contributed by atoms with Gasteiger partial charge >= 0.3 is 5.69 Å². The number of hydrogen-bond acceptors (Lipinski definition) is 5. The SMILES string of the molecule is O=C(CCc1nc(Cc2ccccc2)no1)Nc1ccc2[nH]c(=O)[nH]c2c1. The van der Waals surface area contributed by atoms with E-state index in [1.807, 2.05) is 30.3 Å². The summed E-state index contributed by atoms with van der Waals surface area (Å²) >= 11 is 0. The Bertz CT molecular complexity index is 1130. The summed E-state index contributed by atoms with van der Waals surface area (Å²) in [4.78, 5) is 33.1. The number of amides is 1. The molecule has 4 aromatic rings. The van der Waals surface area contributed by atoms with Crippen molar-refractivity contribution >= 4 is 22.6 Å². The van der Waals surface area contributed by atoms with Crippen LogP contribution in [0.1, 0.15) is 23.7 Å². The number of aromatic nitrogens is 4. The number of H-pyrrole nitrogens is 2. The van der Waals surface area contributed by atoms with E-state index in [2.05, 4.69) is 25.4 Å². The molecule has 8 nitrogen and oxygen atoms in total. The predicted molar refractivity (Wildman–Crippen MR) is 99.4 cm³/mol. The number of rotatable bonds is 6. The van der Waals surface area contributed by atoms with Crippen LogP contribution < -0.4 is 11.0 Å². The summed E-state index contributed by atoms with van der Waals surface area (Å²) in [7, 11) is 0. The third kappa shape index (κ3) is 4.12. The number of hydrogen-bond donors (Lipinski definition) is 3. The van der Waals surface area contributed by atoms with Crippen LogP contribution in [-0.4, -0.2) is 26.0 Å². The lowest BCUT2D eigenvalue weighted by Gasteiger charge is -2.04. The topological polar surface area (TPSA) is 117 Å². The van der Waals surface area contributed by atoms with Gasteiger partial charge in [-0.15, -0.1) is 0 Å². The maximum atomic E-state index is 12.1. The summed E-state index contributed by atoms with van der Waals surface area (Å²) in [5, 5.41) is 6.75. The van der Waals surface area contributed by atoms with Crippen molar-refractivity contribution in [1.29, 1.82) is 0 Å². The summed E-state index contributed by atoms with van der Waals surface area (Å²) in [5.41, 5.74) is 2.75. The minimum atomic E-state index is -0.281. The Balaban J connectivity index is 1.32. The lowest BCUT2D eigenvalue weighted by molar-refractivity contribution is -0.116. The smallest absolute Gasteiger partial charge is 0.323 e. The molecule has 0 atom stereocenters. The molecule has 0 bridgehead atoms. The molecule has 8 heteroatoms. The summed E-state index contributed by atoms with van der Waals surface area (Å²) in [5.74, 6) is 0.856. The van der Waals surface area contributed by atoms with Crippen molar-refractivity contribution in [3.8, 4) is 0 Å². The monoisotopic (exact) mass is 363 g/mol. The molecule has 136 valence electrons. The van der Waals surface area contributed by atoms with Gasteiger partial charge in [0.2, 0.25) is 11.8 Å². The Morgan fingerprint density at radius 2 is 1.89 bits per heavy atom. The van der Waals surface area contributed by atoms with E-state index in [1.165, 1.54) is 0 Å². The first-order valence-corrected chi connectivity index (χ1v) is 8.53. The maximum Gasteiger partial charge on any atom is 0.323 e. The van der Waals surface area contributed by atoms with Gasteiger partial charge in [0.1, 0.15) is 0 Å². The maximum absolute atomic E-state index is 12.1. The molecule has 0 saturated heterocycles. The first kappa shape index (κ1) is 16.8. The molecule has 3 N–H and O–H groups in total. The molecule has 0 spiro atoms. The molecule has 0 aliphatic carbocycles. The van der Waals surface area contributed by atoms with Gasteiger partial charge in [0.15, 0.2) is 5.82 Å². The van der Waals surface area contributed by atoms with E-state index in [-0.39, 0.29) is 18.0 Å². The van der Waals surface area contributed by atoms with E-state index < -0.39 is 0 Å². The van der Waals surface area contributed by atoms with Crippen molar-refractivity contribution in [2.24, 2.45) is 0 Å². The van der Waals surface area contributed by atoms with Crippen LogP contribution in [0.5, 0.6) is 0 Å². The van der Waals surface area contributed by atoms with Gasteiger partial charge < -0.3 is 19.8 Å². The van der Waals surface area contributed by atoms with Crippen LogP contribution in [0, 0.1) is 0 Å². The van der Waals surface area contributed by atoms with E-state index in [9.17, 15) is 9.59 Å². The number of nitrogens with zero attached hydrogens (tertiary/aromatic N) is 2. The molecule has 4 rings (SSSR count). The average molecular weight is 363 g/mol. The van der Waals surface area contributed by atoms with Crippen molar-refractivity contribution in [3.63, 3.8) is 0 Å². The highest BCUT2D eigenvalue weighted by Gasteiger charge is 2.10. The van der Waals surface area contributed by atoms with Gasteiger partial charge in [-0.2, -0.15) is 4.98 Å². The standard InChI is InChI=1S/C19H17N5O3/c25-17(20-13-6-7-14-15(11-13)22-19(26)21-14)8-9-18-23-16(24-27-18)10-12-4-2-1-3-5-12/h1-7,11H,8-10H2,(H,20,25)(H2,21,22,26). The number of benzene rings is 2. The molecular weight excluding hydrogens is 346 g/mol. The van der Waals surface area contributed by atoms with Crippen LogP contribution in [-0.2, 0) is 17.6 Å². The van der Waals surface area contributed by atoms with Gasteiger partial charge in [0, 0.05) is 24.9 Å². The van der Waals surface area contributed by atoms with Crippen molar-refractivity contribution in [1.82, 2.24) is 20.1 Å². The number of fused-ring (bicyclic) bond motifs is 1. The summed E-state index contributed by atoms with van der Waals surface area (Å²) in [6, 6.07) is 15.0. The molecule has 2 aromatic heterocycles.